The average Bonchev–Trinajstić information content (AvgIpc) is 3.74. The smallest absolute Gasteiger partial charge is 0.326 e. The molecule has 8 nitrogen and oxygen atoms in total. The number of carboxylic acids is 1. The second-order valence-electron chi connectivity index (χ2n) is 11.3. The van der Waals surface area contributed by atoms with Crippen LogP contribution < -0.4 is 10.6 Å². The maximum atomic E-state index is 13.3. The Labute approximate surface area is 228 Å². The molecule has 2 saturated carbocycles. The van der Waals surface area contributed by atoms with Crippen molar-refractivity contribution in [2.45, 2.75) is 75.3 Å². The molecular formula is C31H36N4O4. The van der Waals surface area contributed by atoms with Crippen LogP contribution in [-0.2, 0) is 32.6 Å². The number of rotatable bonds is 11. The molecule has 1 atom stereocenters. The number of carbonyl (C=O) groups is 2. The third-order valence-electron chi connectivity index (χ3n) is 8.63. The molecule has 1 amide bonds. The number of aryl methyl sites for hydroxylation is 2. The summed E-state index contributed by atoms with van der Waals surface area (Å²) >= 11 is 0. The van der Waals surface area contributed by atoms with Gasteiger partial charge in [-0.25, -0.2) is 9.78 Å². The minimum absolute atomic E-state index is 0.160. The van der Waals surface area contributed by atoms with Crippen LogP contribution >= 0.6 is 0 Å². The predicted octanol–water partition coefficient (Wildman–Crippen LogP) is 4.41. The molecule has 39 heavy (non-hydrogen) atoms. The summed E-state index contributed by atoms with van der Waals surface area (Å²) in [7, 11) is 0. The molecule has 6 rings (SSSR count). The van der Waals surface area contributed by atoms with Crippen LogP contribution in [-0.4, -0.2) is 52.2 Å². The zero-order valence-corrected chi connectivity index (χ0v) is 22.2. The normalized spacial score (nSPS) is 21.7. The summed E-state index contributed by atoms with van der Waals surface area (Å²) < 4.78 is 5.99. The summed E-state index contributed by atoms with van der Waals surface area (Å²) in [6, 6.07) is 13.2. The van der Waals surface area contributed by atoms with E-state index in [4.69, 9.17) is 9.72 Å². The number of fused-ring (bicyclic) bond motifs is 2. The fourth-order valence-electron chi connectivity index (χ4n) is 6.01. The van der Waals surface area contributed by atoms with Gasteiger partial charge < -0.3 is 20.5 Å². The van der Waals surface area contributed by atoms with Gasteiger partial charge in [0.15, 0.2) is 0 Å². The van der Waals surface area contributed by atoms with E-state index in [9.17, 15) is 14.7 Å². The standard InChI is InChI=1S/C31H36N4O4/c36-29(37)26(35-30(38)31(13-14-31)27-25-6-2-1-4-21(25)11-16-32-27)12-17-39-24-18-20(19-24)7-9-23-10-8-22-5-3-15-33-28(22)34-23/h1-2,4,6,8,10-11,16,20,24,26H,3,5,7,9,12-15,17-19H2,(H,33,34)(H,35,38)(H,36,37). The molecule has 3 aromatic rings. The minimum Gasteiger partial charge on any atom is -0.480 e. The van der Waals surface area contributed by atoms with Crippen LogP contribution in [0.25, 0.3) is 10.8 Å². The molecule has 0 radical (unpaired) electrons. The lowest BCUT2D eigenvalue weighted by Crippen LogP contribution is -2.46. The number of hydrogen-bond donors (Lipinski definition) is 3. The zero-order valence-electron chi connectivity index (χ0n) is 22.2. The van der Waals surface area contributed by atoms with Crippen molar-refractivity contribution in [3.63, 3.8) is 0 Å². The summed E-state index contributed by atoms with van der Waals surface area (Å²) in [5, 5.41) is 18.0. The van der Waals surface area contributed by atoms with Crippen LogP contribution in [0, 0.1) is 5.92 Å². The SMILES string of the molecule is O=C(O)C(CCOC1CC(CCc2ccc3c(n2)NCCC3)C1)NC(=O)C1(c2nccc3ccccc23)CC1. The summed E-state index contributed by atoms with van der Waals surface area (Å²) in [6.45, 7) is 1.31. The van der Waals surface area contributed by atoms with Gasteiger partial charge in [-0.3, -0.25) is 9.78 Å². The van der Waals surface area contributed by atoms with E-state index in [0.717, 1.165) is 66.6 Å². The van der Waals surface area contributed by atoms with Gasteiger partial charge in [-0.1, -0.05) is 30.3 Å². The van der Waals surface area contributed by atoms with E-state index in [1.54, 1.807) is 6.20 Å². The van der Waals surface area contributed by atoms with Crippen molar-refractivity contribution >= 4 is 28.5 Å². The number of aliphatic carboxylic acids is 1. The van der Waals surface area contributed by atoms with Gasteiger partial charge in [0.25, 0.3) is 0 Å². The summed E-state index contributed by atoms with van der Waals surface area (Å²) in [5.41, 5.74) is 2.44. The number of carbonyl (C=O) groups excluding carboxylic acids is 1. The molecule has 2 aromatic heterocycles. The lowest BCUT2D eigenvalue weighted by molar-refractivity contribution is -0.143. The lowest BCUT2D eigenvalue weighted by atomic mass is 9.79. The Morgan fingerprint density at radius 2 is 2.00 bits per heavy atom. The molecule has 1 unspecified atom stereocenters. The van der Waals surface area contributed by atoms with Crippen LogP contribution in [0.1, 0.15) is 61.9 Å². The number of nitrogens with zero attached hydrogens (tertiary/aromatic N) is 2. The van der Waals surface area contributed by atoms with Gasteiger partial charge in [0.05, 0.1) is 17.2 Å². The quantitative estimate of drug-likeness (QED) is 0.338. The molecule has 0 saturated heterocycles. The van der Waals surface area contributed by atoms with E-state index < -0.39 is 17.4 Å². The van der Waals surface area contributed by atoms with Gasteiger partial charge in [0.1, 0.15) is 11.9 Å². The Balaban J connectivity index is 0.957. The Hall–Kier alpha value is -3.52. The van der Waals surface area contributed by atoms with Crippen molar-refractivity contribution in [2.24, 2.45) is 5.92 Å². The van der Waals surface area contributed by atoms with Crippen molar-refractivity contribution < 1.29 is 19.4 Å². The molecule has 8 heteroatoms. The highest BCUT2D eigenvalue weighted by Gasteiger charge is 2.54. The molecule has 2 fully saturated rings. The highest BCUT2D eigenvalue weighted by Crippen LogP contribution is 2.49. The van der Waals surface area contributed by atoms with Gasteiger partial charge in [0, 0.05) is 36.8 Å². The van der Waals surface area contributed by atoms with Crippen LogP contribution in [0.15, 0.2) is 48.7 Å². The maximum absolute atomic E-state index is 13.3. The molecule has 3 heterocycles. The number of amides is 1. The van der Waals surface area contributed by atoms with Crippen LogP contribution in [0.3, 0.4) is 0 Å². The lowest BCUT2D eigenvalue weighted by Gasteiger charge is -2.35. The van der Waals surface area contributed by atoms with Gasteiger partial charge in [-0.05, 0) is 80.4 Å². The average molecular weight is 529 g/mol. The highest BCUT2D eigenvalue weighted by molar-refractivity contribution is 5.98. The van der Waals surface area contributed by atoms with Crippen molar-refractivity contribution in [3.05, 3.63) is 65.6 Å². The first kappa shape index (κ1) is 25.7. The summed E-state index contributed by atoms with van der Waals surface area (Å²) in [4.78, 5) is 34.6. The van der Waals surface area contributed by atoms with E-state index in [0.29, 0.717) is 25.4 Å². The number of aromatic nitrogens is 2. The number of hydrogen-bond acceptors (Lipinski definition) is 6. The van der Waals surface area contributed by atoms with Crippen molar-refractivity contribution in [2.75, 3.05) is 18.5 Å². The number of carboxylic acid groups (broad SMARTS) is 1. The summed E-state index contributed by atoms with van der Waals surface area (Å²) in [5.74, 6) is 0.369. The first-order chi connectivity index (χ1) is 19.0. The highest BCUT2D eigenvalue weighted by atomic mass is 16.5. The largest absolute Gasteiger partial charge is 0.480 e. The first-order valence-corrected chi connectivity index (χ1v) is 14.2. The van der Waals surface area contributed by atoms with E-state index >= 15 is 0 Å². The Kier molecular flexibility index (Phi) is 7.21. The fourth-order valence-corrected chi connectivity index (χ4v) is 6.01. The molecule has 1 aliphatic heterocycles. The molecule has 3 aliphatic rings. The Morgan fingerprint density at radius 1 is 1.15 bits per heavy atom. The topological polar surface area (TPSA) is 113 Å². The van der Waals surface area contributed by atoms with Gasteiger partial charge >= 0.3 is 5.97 Å². The van der Waals surface area contributed by atoms with E-state index in [-0.39, 0.29) is 18.4 Å². The van der Waals surface area contributed by atoms with E-state index in [1.807, 2.05) is 30.3 Å². The maximum Gasteiger partial charge on any atom is 0.326 e. The van der Waals surface area contributed by atoms with Gasteiger partial charge in [0.2, 0.25) is 5.91 Å². The van der Waals surface area contributed by atoms with Crippen molar-refractivity contribution in [3.8, 4) is 0 Å². The minimum atomic E-state index is -1.04. The van der Waals surface area contributed by atoms with Crippen LogP contribution in [0.2, 0.25) is 0 Å². The van der Waals surface area contributed by atoms with E-state index in [1.165, 1.54) is 12.0 Å². The number of anilines is 1. The molecule has 1 aromatic carbocycles. The third kappa shape index (κ3) is 5.48. The van der Waals surface area contributed by atoms with Crippen molar-refractivity contribution in [1.29, 1.82) is 0 Å². The summed E-state index contributed by atoms with van der Waals surface area (Å²) in [6.07, 6.45) is 9.77. The first-order valence-electron chi connectivity index (χ1n) is 14.2. The number of ether oxygens (including phenoxy) is 1. The Bertz CT molecular complexity index is 1360. The monoisotopic (exact) mass is 528 g/mol. The van der Waals surface area contributed by atoms with Crippen molar-refractivity contribution in [1.82, 2.24) is 15.3 Å². The van der Waals surface area contributed by atoms with Gasteiger partial charge in [-0.15, -0.1) is 0 Å². The molecule has 204 valence electrons. The van der Waals surface area contributed by atoms with Crippen LogP contribution in [0.4, 0.5) is 5.82 Å². The Morgan fingerprint density at radius 3 is 2.82 bits per heavy atom. The number of pyridine rings is 2. The fraction of sp³-hybridized carbons (Fsp3) is 0.484. The molecule has 3 N–H and O–H groups in total. The molecular weight excluding hydrogens is 492 g/mol. The zero-order chi connectivity index (χ0) is 26.8. The second kappa shape index (κ2) is 10.9. The third-order valence-corrected chi connectivity index (χ3v) is 8.63. The molecule has 0 spiro atoms. The molecule has 0 bridgehead atoms. The van der Waals surface area contributed by atoms with Gasteiger partial charge in [-0.2, -0.15) is 0 Å². The predicted molar refractivity (Wildman–Crippen MR) is 149 cm³/mol. The number of benzene rings is 1. The second-order valence-corrected chi connectivity index (χ2v) is 11.3. The number of nitrogens with one attached hydrogen (secondary N) is 2. The molecule has 2 aliphatic carbocycles. The van der Waals surface area contributed by atoms with E-state index in [2.05, 4.69) is 27.8 Å². The van der Waals surface area contributed by atoms with Crippen LogP contribution in [0.5, 0.6) is 0 Å².